The van der Waals surface area contributed by atoms with Crippen molar-refractivity contribution in [2.24, 2.45) is 0 Å². The van der Waals surface area contributed by atoms with Crippen LogP contribution in [0.4, 0.5) is 13.2 Å². The molecule has 0 fully saturated rings. The van der Waals surface area contributed by atoms with Crippen LogP contribution >= 0.6 is 0 Å². The van der Waals surface area contributed by atoms with Crippen molar-refractivity contribution in [2.45, 2.75) is 6.18 Å². The smallest absolute Gasteiger partial charge is 0.417 e. The fourth-order valence-electron chi connectivity index (χ4n) is 1.43. The maximum Gasteiger partial charge on any atom is 0.417 e. The first-order valence-electron chi connectivity index (χ1n) is 4.89. The summed E-state index contributed by atoms with van der Waals surface area (Å²) < 4.78 is 48.1. The Balaban J connectivity index is 3.38. The van der Waals surface area contributed by atoms with Gasteiger partial charge in [-0.25, -0.2) is 0 Å². The molecule has 0 saturated heterocycles. The molecule has 0 aliphatic heterocycles. The van der Waals surface area contributed by atoms with E-state index in [1.807, 2.05) is 0 Å². The second-order valence-corrected chi connectivity index (χ2v) is 3.28. The van der Waals surface area contributed by atoms with Gasteiger partial charge in [0, 0.05) is 11.6 Å². The standard InChI is InChI=1S/C12H11F3O3/c1-17-8-3-4-9(11(7-8)18-2)10(5-6-16)12(13,14)15/h3-7H,1-2H3/b10-5+. The molecule has 98 valence electrons. The summed E-state index contributed by atoms with van der Waals surface area (Å²) in [5.41, 5.74) is -1.27. The minimum absolute atomic E-state index is 0.0141. The van der Waals surface area contributed by atoms with Gasteiger partial charge in [0.05, 0.1) is 19.8 Å². The molecule has 0 heterocycles. The summed E-state index contributed by atoms with van der Waals surface area (Å²) in [4.78, 5) is 10.3. The van der Waals surface area contributed by atoms with Crippen molar-refractivity contribution in [3.63, 3.8) is 0 Å². The highest BCUT2D eigenvalue weighted by molar-refractivity contribution is 5.85. The highest BCUT2D eigenvalue weighted by atomic mass is 19.4. The Bertz CT molecular complexity index is 464. The number of alkyl halides is 3. The molecule has 1 aromatic rings. The van der Waals surface area contributed by atoms with Crippen molar-refractivity contribution in [3.8, 4) is 11.5 Å². The van der Waals surface area contributed by atoms with Gasteiger partial charge < -0.3 is 9.47 Å². The van der Waals surface area contributed by atoms with E-state index in [2.05, 4.69) is 0 Å². The second-order valence-electron chi connectivity index (χ2n) is 3.28. The van der Waals surface area contributed by atoms with Crippen LogP contribution in [0.1, 0.15) is 5.56 Å². The van der Waals surface area contributed by atoms with Crippen molar-refractivity contribution in [2.75, 3.05) is 14.2 Å². The van der Waals surface area contributed by atoms with Gasteiger partial charge in [0.15, 0.2) is 0 Å². The van der Waals surface area contributed by atoms with Gasteiger partial charge in [0.1, 0.15) is 17.8 Å². The molecule has 1 aromatic carbocycles. The first-order chi connectivity index (χ1) is 8.43. The van der Waals surface area contributed by atoms with Crippen LogP contribution in [-0.4, -0.2) is 26.7 Å². The zero-order chi connectivity index (χ0) is 13.8. The number of halogens is 3. The molecule has 0 atom stereocenters. The van der Waals surface area contributed by atoms with Gasteiger partial charge in [-0.2, -0.15) is 13.2 Å². The van der Waals surface area contributed by atoms with Crippen LogP contribution in [0.15, 0.2) is 24.3 Å². The van der Waals surface area contributed by atoms with Crippen molar-refractivity contribution >= 4 is 11.9 Å². The number of carbonyl (C=O) groups excluding carboxylic acids is 1. The normalized spacial score (nSPS) is 12.2. The average molecular weight is 260 g/mol. The molecule has 6 heteroatoms. The van der Waals surface area contributed by atoms with Gasteiger partial charge >= 0.3 is 6.18 Å². The Hall–Kier alpha value is -1.98. The lowest BCUT2D eigenvalue weighted by atomic mass is 10.0. The van der Waals surface area contributed by atoms with Gasteiger partial charge in [-0.1, -0.05) is 0 Å². The van der Waals surface area contributed by atoms with Crippen molar-refractivity contribution in [3.05, 3.63) is 29.8 Å². The first-order valence-corrected chi connectivity index (χ1v) is 4.89. The van der Waals surface area contributed by atoms with Gasteiger partial charge in [0.25, 0.3) is 0 Å². The van der Waals surface area contributed by atoms with E-state index >= 15 is 0 Å². The number of aldehydes is 1. The zero-order valence-corrected chi connectivity index (χ0v) is 9.75. The Morgan fingerprint density at radius 2 is 1.89 bits per heavy atom. The van der Waals surface area contributed by atoms with E-state index in [0.717, 1.165) is 0 Å². The number of methoxy groups -OCH3 is 2. The maximum absolute atomic E-state index is 12.8. The largest absolute Gasteiger partial charge is 0.497 e. The van der Waals surface area contributed by atoms with Gasteiger partial charge in [-0.15, -0.1) is 0 Å². The molecule has 0 saturated carbocycles. The zero-order valence-electron chi connectivity index (χ0n) is 9.75. The highest BCUT2D eigenvalue weighted by Gasteiger charge is 2.36. The molecular weight excluding hydrogens is 249 g/mol. The van der Waals surface area contributed by atoms with Gasteiger partial charge in [0.2, 0.25) is 0 Å². The lowest BCUT2D eigenvalue weighted by Gasteiger charge is -2.15. The van der Waals surface area contributed by atoms with Gasteiger partial charge in [-0.05, 0) is 18.2 Å². The molecular formula is C12H11F3O3. The Labute approximate surface area is 102 Å². The first kappa shape index (κ1) is 14.1. The molecule has 0 unspecified atom stereocenters. The van der Waals surface area contributed by atoms with E-state index < -0.39 is 11.7 Å². The van der Waals surface area contributed by atoms with Gasteiger partial charge in [-0.3, -0.25) is 4.79 Å². The van der Waals surface area contributed by atoms with Crippen molar-refractivity contribution in [1.82, 2.24) is 0 Å². The third-order valence-electron chi connectivity index (χ3n) is 2.24. The summed E-state index contributed by atoms with van der Waals surface area (Å²) in [5, 5.41) is 0. The van der Waals surface area contributed by atoms with E-state index in [4.69, 9.17) is 9.47 Å². The number of benzene rings is 1. The molecule has 0 aliphatic carbocycles. The average Bonchev–Trinajstić information content (AvgIpc) is 2.34. The number of rotatable bonds is 4. The SMILES string of the molecule is COc1ccc(/C(=C\C=O)C(F)(F)F)c(OC)c1. The van der Waals surface area contributed by atoms with Crippen LogP contribution in [0.5, 0.6) is 11.5 Å². The van der Waals surface area contributed by atoms with Crippen LogP contribution < -0.4 is 9.47 Å². The van der Waals surface area contributed by atoms with Crippen LogP contribution in [-0.2, 0) is 4.79 Å². The van der Waals surface area contributed by atoms with E-state index in [9.17, 15) is 18.0 Å². The number of carbonyl (C=O) groups is 1. The summed E-state index contributed by atoms with van der Waals surface area (Å²) in [5.74, 6) is 0.350. The lowest BCUT2D eigenvalue weighted by molar-refractivity contribution is -0.104. The molecule has 0 aromatic heterocycles. The van der Waals surface area contributed by atoms with Crippen LogP contribution in [0.2, 0.25) is 0 Å². The molecule has 0 N–H and O–H groups in total. The summed E-state index contributed by atoms with van der Waals surface area (Å²) in [7, 11) is 2.63. The quantitative estimate of drug-likeness (QED) is 0.617. The molecule has 18 heavy (non-hydrogen) atoms. The van der Waals surface area contributed by atoms with E-state index in [1.54, 1.807) is 0 Å². The fourth-order valence-corrected chi connectivity index (χ4v) is 1.43. The summed E-state index contributed by atoms with van der Waals surface area (Å²) in [6, 6.07) is 3.88. The second kappa shape index (κ2) is 5.57. The third kappa shape index (κ3) is 3.03. The number of ether oxygens (including phenoxy) is 2. The van der Waals surface area contributed by atoms with E-state index in [-0.39, 0.29) is 17.6 Å². The molecule has 0 radical (unpaired) electrons. The molecule has 3 nitrogen and oxygen atoms in total. The fraction of sp³-hybridized carbons (Fsp3) is 0.250. The highest BCUT2D eigenvalue weighted by Crippen LogP contribution is 2.39. The molecule has 1 rings (SSSR count). The Kier molecular flexibility index (Phi) is 4.36. The number of hydrogen-bond acceptors (Lipinski definition) is 3. The molecule has 0 aliphatic rings. The summed E-state index contributed by atoms with van der Waals surface area (Å²) >= 11 is 0. The molecule has 0 spiro atoms. The monoisotopic (exact) mass is 260 g/mol. The predicted octanol–water partition coefficient (Wildman–Crippen LogP) is 2.85. The third-order valence-corrected chi connectivity index (χ3v) is 2.24. The maximum atomic E-state index is 12.8. The Morgan fingerprint density at radius 1 is 1.22 bits per heavy atom. The van der Waals surface area contributed by atoms with Crippen molar-refractivity contribution in [1.29, 1.82) is 0 Å². The van der Waals surface area contributed by atoms with Crippen molar-refractivity contribution < 1.29 is 27.4 Å². The van der Waals surface area contributed by atoms with E-state index in [0.29, 0.717) is 11.8 Å². The molecule has 0 bridgehead atoms. The number of allylic oxidation sites excluding steroid dienone is 2. The molecule has 0 amide bonds. The van der Waals surface area contributed by atoms with E-state index in [1.165, 1.54) is 32.4 Å². The van der Waals surface area contributed by atoms with Crippen LogP contribution in [0.25, 0.3) is 5.57 Å². The van der Waals surface area contributed by atoms with Crippen LogP contribution in [0.3, 0.4) is 0 Å². The minimum Gasteiger partial charge on any atom is -0.497 e. The minimum atomic E-state index is -4.64. The summed E-state index contributed by atoms with van der Waals surface area (Å²) in [6.07, 6.45) is -4.08. The topological polar surface area (TPSA) is 35.5 Å². The lowest BCUT2D eigenvalue weighted by Crippen LogP contribution is -2.12. The summed E-state index contributed by atoms with van der Waals surface area (Å²) in [6.45, 7) is 0. The number of hydrogen-bond donors (Lipinski definition) is 0. The van der Waals surface area contributed by atoms with Crippen LogP contribution in [0, 0.1) is 0 Å². The predicted molar refractivity (Wildman–Crippen MR) is 59.6 cm³/mol. The Morgan fingerprint density at radius 3 is 2.33 bits per heavy atom.